The number of carboxylic acid groups (broad SMARTS) is 1. The number of rotatable bonds is 15. The minimum Gasteiger partial charge on any atom is -0.550 e. The Morgan fingerprint density at radius 3 is 2.21 bits per heavy atom. The van der Waals surface area contributed by atoms with Gasteiger partial charge in [-0.25, -0.2) is 0 Å². The second-order valence-corrected chi connectivity index (χ2v) is 19.7. The van der Waals surface area contributed by atoms with Gasteiger partial charge in [-0.15, -0.1) is 0 Å². The largest absolute Gasteiger partial charge is 1.00 e. The smallest absolute Gasteiger partial charge is 0.550 e. The van der Waals surface area contributed by atoms with E-state index in [-0.39, 0.29) is 65.3 Å². The van der Waals surface area contributed by atoms with Crippen LogP contribution in [0.3, 0.4) is 0 Å². The van der Waals surface area contributed by atoms with Crippen LogP contribution < -0.4 is 34.7 Å². The number of carbonyl (C=O) groups is 2. The molecule has 4 fully saturated rings. The first-order valence-electron chi connectivity index (χ1n) is 23.2. The molecule has 0 aromatic heterocycles. The van der Waals surface area contributed by atoms with Crippen molar-refractivity contribution in [3.8, 4) is 0 Å². The number of Topliss-reactive ketones (excluding diaryl/α,β-unsaturated/α-hetero) is 1. The minimum absolute atomic E-state index is 0. The van der Waals surface area contributed by atoms with Crippen LogP contribution in [0.25, 0.3) is 0 Å². The third-order valence-electron chi connectivity index (χ3n) is 15.7. The maximum Gasteiger partial charge on any atom is 1.00 e. The number of carboxylic acids is 1. The van der Waals surface area contributed by atoms with Crippen LogP contribution in [-0.4, -0.2) is 87.5 Å². The number of aliphatic hydroxyl groups is 2. The number of ketones is 1. The van der Waals surface area contributed by atoms with Crippen molar-refractivity contribution < 1.29 is 82.9 Å². The average molecular weight is 863 g/mol. The Kier molecular flexibility index (Phi) is 17.1. The van der Waals surface area contributed by atoms with Crippen molar-refractivity contribution in [2.75, 3.05) is 0 Å². The van der Waals surface area contributed by atoms with E-state index in [1.807, 2.05) is 77.1 Å². The van der Waals surface area contributed by atoms with Gasteiger partial charge in [0.25, 0.3) is 0 Å². The van der Waals surface area contributed by atoms with E-state index in [4.69, 9.17) is 28.4 Å². The first-order valence-corrected chi connectivity index (χ1v) is 23.2. The van der Waals surface area contributed by atoms with Crippen LogP contribution in [-0.2, 0) is 44.6 Å². The summed E-state index contributed by atoms with van der Waals surface area (Å²) in [5.41, 5.74) is -0.568. The Morgan fingerprint density at radius 1 is 0.902 bits per heavy atom. The molecule has 2 N–H and O–H groups in total. The molecule has 0 unspecified atom stereocenters. The van der Waals surface area contributed by atoms with Gasteiger partial charge in [-0.2, -0.15) is 0 Å². The molecule has 0 radical (unpaired) electrons. The van der Waals surface area contributed by atoms with E-state index in [1.54, 1.807) is 6.92 Å². The van der Waals surface area contributed by atoms with Crippen molar-refractivity contribution in [3.63, 3.8) is 0 Å². The molecular formula is C49H75NaO11. The van der Waals surface area contributed by atoms with Gasteiger partial charge in [0.05, 0.1) is 54.4 Å². The molecular weight excluding hydrogens is 788 g/mol. The van der Waals surface area contributed by atoms with E-state index in [1.165, 1.54) is 0 Å². The van der Waals surface area contributed by atoms with Gasteiger partial charge in [0.1, 0.15) is 11.9 Å². The number of hydrogen-bond donors (Lipinski definition) is 2. The number of aliphatic hydroxyl groups excluding tert-OH is 1. The van der Waals surface area contributed by atoms with E-state index in [2.05, 4.69) is 27.7 Å². The number of hydrogen-bond acceptors (Lipinski definition) is 11. The van der Waals surface area contributed by atoms with Crippen molar-refractivity contribution in [1.29, 1.82) is 0 Å². The number of aliphatic carboxylic acids is 1. The number of ether oxygens (including phenoxy) is 6. The predicted octanol–water partition coefficient (Wildman–Crippen LogP) is 4.08. The van der Waals surface area contributed by atoms with Crippen LogP contribution in [0.4, 0.5) is 0 Å². The summed E-state index contributed by atoms with van der Waals surface area (Å²) in [7, 11) is 0. The zero-order valence-corrected chi connectivity index (χ0v) is 41.0. The summed E-state index contributed by atoms with van der Waals surface area (Å²) < 4.78 is 41.4. The fourth-order valence-electron chi connectivity index (χ4n) is 11.4. The Hall–Kier alpha value is -1.22. The molecule has 18 atom stereocenters. The van der Waals surface area contributed by atoms with E-state index >= 15 is 0 Å². The van der Waals surface area contributed by atoms with Gasteiger partial charge in [0.15, 0.2) is 5.79 Å². The minimum atomic E-state index is -1.21. The summed E-state index contributed by atoms with van der Waals surface area (Å²) in [6.07, 6.45) is 6.54. The summed E-state index contributed by atoms with van der Waals surface area (Å²) in [6.45, 7) is 20.2. The fourth-order valence-corrected chi connectivity index (χ4v) is 11.4. The van der Waals surface area contributed by atoms with Gasteiger partial charge in [0.2, 0.25) is 5.79 Å². The molecule has 0 saturated carbocycles. The molecule has 2 spiro atoms. The molecule has 5 aliphatic heterocycles. The van der Waals surface area contributed by atoms with Crippen molar-refractivity contribution in [3.05, 3.63) is 48.0 Å². The zero-order chi connectivity index (χ0) is 43.8. The molecule has 4 saturated heterocycles. The topological polar surface area (TPSA) is 153 Å². The summed E-state index contributed by atoms with van der Waals surface area (Å²) >= 11 is 0. The van der Waals surface area contributed by atoms with Gasteiger partial charge in [-0.05, 0) is 101 Å². The Morgan fingerprint density at radius 2 is 1.59 bits per heavy atom. The Balaban J connectivity index is 0.00000704. The molecule has 6 rings (SSSR count). The van der Waals surface area contributed by atoms with E-state index in [9.17, 15) is 24.9 Å². The molecule has 0 bridgehead atoms. The zero-order valence-electron chi connectivity index (χ0n) is 39.0. The molecule has 1 aromatic carbocycles. The van der Waals surface area contributed by atoms with Gasteiger partial charge >= 0.3 is 29.6 Å². The summed E-state index contributed by atoms with van der Waals surface area (Å²) in [6, 6.07) is 10.0. The molecule has 0 amide bonds. The standard InChI is InChI=1S/C49H76O11.Na/c1-11-36(45(52)53)38-20-19-29(4)43(57-38)33(8)41(50)32(7)42(51)37(12-2)44-30(5)27-31(6)48(58-44)24-22-40(55-28-35-17-15-14-16-18-35)49(60-48)26-25-46(10,59-49)39-21-23-47(54,13-3)34(9)56-39;/h14-18,22,24,29-34,36-41,43-44,50,54H,11-13,19-21,23,25-28H2,1-10H3,(H,52,53);/q;+1/p-1/t29-,30-,31+,32-,33-,34-,36+,37-,38+,39+,40+,41+,43+,44-,46-,47+,48+,49-;/m0./s1. The quantitative estimate of drug-likeness (QED) is 0.194. The first-order chi connectivity index (χ1) is 28.4. The fraction of sp³-hybridized carbons (Fsp3) is 0.796. The normalized spacial score (nSPS) is 41.4. The summed E-state index contributed by atoms with van der Waals surface area (Å²) in [5, 5.41) is 35.0. The van der Waals surface area contributed by atoms with Gasteiger partial charge in [-0.3, -0.25) is 4.79 Å². The predicted molar refractivity (Wildman–Crippen MR) is 225 cm³/mol. The van der Waals surface area contributed by atoms with Crippen LogP contribution in [0, 0.1) is 41.4 Å². The second kappa shape index (κ2) is 20.5. The van der Waals surface area contributed by atoms with E-state index in [0.29, 0.717) is 58.0 Å². The van der Waals surface area contributed by atoms with Crippen LogP contribution in [0.5, 0.6) is 0 Å². The third kappa shape index (κ3) is 10.3. The molecule has 0 aliphatic carbocycles. The SMILES string of the molecule is CC[C@@H](C(=O)[C@@H](C)[C@@H](O)[C@H](C)[C@@H]1O[C@@H]([C@@H](CC)C(=O)[O-])CC[C@@H]1C)[C@H]1O[C@@]2(C=C[C@@H](OCc3ccccc3)[C@]3(CC[C@@](C)([C@H]4CC[C@](O)(CC)[C@H](C)O4)O3)O2)[C@H](C)C[C@@H]1C.[Na+]. The molecule has 1 aromatic rings. The number of benzene rings is 1. The Bertz CT molecular complexity index is 1640. The molecule has 12 heteroatoms. The van der Waals surface area contributed by atoms with Gasteiger partial charge in [-0.1, -0.05) is 85.7 Å². The maximum atomic E-state index is 14.7. The van der Waals surface area contributed by atoms with Crippen LogP contribution in [0.1, 0.15) is 139 Å². The summed E-state index contributed by atoms with van der Waals surface area (Å²) in [4.78, 5) is 26.6. The van der Waals surface area contributed by atoms with Crippen molar-refractivity contribution in [2.24, 2.45) is 41.4 Å². The van der Waals surface area contributed by atoms with Gasteiger partial charge < -0.3 is 48.5 Å². The van der Waals surface area contributed by atoms with E-state index < -0.39 is 82.9 Å². The summed E-state index contributed by atoms with van der Waals surface area (Å²) in [5.74, 6) is -5.96. The molecule has 61 heavy (non-hydrogen) atoms. The number of carbonyl (C=O) groups excluding carboxylic acids is 2. The molecule has 5 aliphatic rings. The average Bonchev–Trinajstić information content (AvgIpc) is 3.57. The monoisotopic (exact) mass is 863 g/mol. The third-order valence-corrected chi connectivity index (χ3v) is 15.7. The van der Waals surface area contributed by atoms with Crippen LogP contribution >= 0.6 is 0 Å². The Labute approximate surface area is 387 Å². The maximum absolute atomic E-state index is 14.7. The van der Waals surface area contributed by atoms with Crippen LogP contribution in [0.2, 0.25) is 0 Å². The van der Waals surface area contributed by atoms with E-state index in [0.717, 1.165) is 18.4 Å². The van der Waals surface area contributed by atoms with Crippen molar-refractivity contribution >= 4 is 11.8 Å². The molecule has 5 heterocycles. The van der Waals surface area contributed by atoms with Crippen molar-refractivity contribution in [2.45, 2.75) is 206 Å². The molecule has 11 nitrogen and oxygen atoms in total. The second-order valence-electron chi connectivity index (χ2n) is 19.7. The first kappa shape index (κ1) is 50.8. The van der Waals surface area contributed by atoms with Crippen molar-refractivity contribution in [1.82, 2.24) is 0 Å². The molecule has 338 valence electrons. The van der Waals surface area contributed by atoms with Gasteiger partial charge in [0, 0.05) is 42.0 Å². The van der Waals surface area contributed by atoms with Crippen LogP contribution in [0.15, 0.2) is 42.5 Å².